The zero-order chi connectivity index (χ0) is 24.4. The van der Waals surface area contributed by atoms with Gasteiger partial charge in [-0.3, -0.25) is 14.8 Å². The summed E-state index contributed by atoms with van der Waals surface area (Å²) in [6.07, 6.45) is 2.71. The zero-order valence-electron chi connectivity index (χ0n) is 18.3. The number of nitrogens with zero attached hydrogens (tertiary/aromatic N) is 6. The van der Waals surface area contributed by atoms with Crippen molar-refractivity contribution < 1.29 is 30.3 Å². The van der Waals surface area contributed by atoms with Gasteiger partial charge in [0.2, 0.25) is 0 Å². The Balaban J connectivity index is 0.000000633. The maximum absolute atomic E-state index is 9.19. The van der Waals surface area contributed by atoms with Crippen LogP contribution in [-0.4, -0.2) is 32.4 Å². The molecular formula is C25H19IrN6O2-. The Kier molecular flexibility index (Phi) is 11.2. The number of rotatable bonds is 4. The minimum Gasteiger partial charge on any atom is -0.393 e. The van der Waals surface area contributed by atoms with Gasteiger partial charge < -0.3 is 10.2 Å². The summed E-state index contributed by atoms with van der Waals surface area (Å²) in [6.45, 7) is 17.7. The SMILES string of the molecule is CC(O)CC(C)O.[C-]#[N+]c1cc(C#N)[c-]c(-c2nccnc2-c2cc(C#N)cc([N+]#[C-])c2)c1.[Ir]. The van der Waals surface area contributed by atoms with Crippen molar-refractivity contribution >= 4 is 11.4 Å². The fourth-order valence-corrected chi connectivity index (χ4v) is 2.92. The molecule has 0 spiro atoms. The van der Waals surface area contributed by atoms with Crippen LogP contribution in [0.3, 0.4) is 0 Å². The molecule has 2 unspecified atom stereocenters. The standard InChI is InChI=1S/C20H7N6.C5H12O2.Ir/c1-23-17-7-13(11-21)5-15(9-17)19-20(26-4-3-25-19)16-6-14(12-22)8-18(10-16)24-2;1-4(6)3-5(2)7;/h3-5,7-10H;4-7H,3H2,1-2H3;/q-1;;. The van der Waals surface area contributed by atoms with E-state index in [9.17, 15) is 5.26 Å². The first-order valence-corrected chi connectivity index (χ1v) is 9.76. The van der Waals surface area contributed by atoms with Crippen LogP contribution in [-0.2, 0) is 20.1 Å². The quantitative estimate of drug-likeness (QED) is 0.408. The van der Waals surface area contributed by atoms with Crippen molar-refractivity contribution in [2.75, 3.05) is 0 Å². The molecule has 9 heteroatoms. The van der Waals surface area contributed by atoms with Crippen molar-refractivity contribution in [2.24, 2.45) is 0 Å². The normalized spacial score (nSPS) is 11.1. The van der Waals surface area contributed by atoms with Crippen LogP contribution in [0.25, 0.3) is 32.2 Å². The second kappa shape index (κ2) is 13.6. The van der Waals surface area contributed by atoms with E-state index in [-0.39, 0.29) is 37.9 Å². The molecule has 1 heterocycles. The number of aromatic nitrogens is 2. The van der Waals surface area contributed by atoms with Crippen LogP contribution >= 0.6 is 0 Å². The minimum atomic E-state index is -0.375. The van der Waals surface area contributed by atoms with Gasteiger partial charge in [-0.2, -0.15) is 5.26 Å². The molecular weight excluding hydrogens is 609 g/mol. The van der Waals surface area contributed by atoms with E-state index in [2.05, 4.69) is 25.7 Å². The monoisotopic (exact) mass is 628 g/mol. The average Bonchev–Trinajstić information content (AvgIpc) is 2.82. The fraction of sp³-hybridized carbons (Fsp3) is 0.200. The Labute approximate surface area is 211 Å². The summed E-state index contributed by atoms with van der Waals surface area (Å²) in [7, 11) is 0. The molecule has 2 aromatic carbocycles. The van der Waals surface area contributed by atoms with Gasteiger partial charge in [0.1, 0.15) is 5.69 Å². The number of nitriles is 2. The number of hydrogen-bond acceptors (Lipinski definition) is 6. The summed E-state index contributed by atoms with van der Waals surface area (Å²) in [5.41, 5.74) is 3.02. The molecule has 1 aromatic heterocycles. The van der Waals surface area contributed by atoms with Gasteiger partial charge in [-0.1, -0.05) is 5.56 Å². The van der Waals surface area contributed by atoms with E-state index in [1.165, 1.54) is 24.5 Å². The number of hydrogen-bond donors (Lipinski definition) is 2. The van der Waals surface area contributed by atoms with E-state index < -0.39 is 0 Å². The van der Waals surface area contributed by atoms with Crippen LogP contribution in [0.2, 0.25) is 0 Å². The van der Waals surface area contributed by atoms with E-state index in [0.29, 0.717) is 45.9 Å². The second-order valence-electron chi connectivity index (χ2n) is 7.07. The van der Waals surface area contributed by atoms with Crippen LogP contribution in [0.15, 0.2) is 42.7 Å². The Morgan fingerprint density at radius 3 is 2.00 bits per heavy atom. The predicted octanol–water partition coefficient (Wildman–Crippen LogP) is 4.59. The first-order chi connectivity index (χ1) is 15.8. The van der Waals surface area contributed by atoms with Gasteiger partial charge in [-0.15, -0.1) is 23.8 Å². The van der Waals surface area contributed by atoms with Crippen molar-refractivity contribution in [2.45, 2.75) is 32.5 Å². The Hall–Kier alpha value is -3.95. The third-order valence-corrected chi connectivity index (χ3v) is 4.19. The zero-order valence-corrected chi connectivity index (χ0v) is 20.7. The van der Waals surface area contributed by atoms with E-state index in [0.717, 1.165) is 0 Å². The number of aliphatic hydroxyl groups excluding tert-OH is 2. The molecule has 0 saturated carbocycles. The summed E-state index contributed by atoms with van der Waals surface area (Å²) in [5.74, 6) is 0. The Bertz CT molecular complexity index is 1150. The Morgan fingerprint density at radius 1 is 0.912 bits per heavy atom. The third kappa shape index (κ3) is 7.88. The molecule has 1 radical (unpaired) electrons. The van der Waals surface area contributed by atoms with E-state index in [4.69, 9.17) is 28.6 Å². The van der Waals surface area contributed by atoms with Gasteiger partial charge in [0.15, 0.2) is 5.69 Å². The summed E-state index contributed by atoms with van der Waals surface area (Å²) >= 11 is 0. The molecule has 171 valence electrons. The molecule has 2 atom stereocenters. The molecule has 0 fully saturated rings. The summed E-state index contributed by atoms with van der Waals surface area (Å²) < 4.78 is 0. The van der Waals surface area contributed by atoms with Crippen LogP contribution in [0, 0.1) is 41.9 Å². The van der Waals surface area contributed by atoms with Crippen LogP contribution < -0.4 is 0 Å². The largest absolute Gasteiger partial charge is 0.393 e. The number of benzene rings is 2. The van der Waals surface area contributed by atoms with Gasteiger partial charge in [-0.25, -0.2) is 10.1 Å². The predicted molar refractivity (Wildman–Crippen MR) is 122 cm³/mol. The minimum absolute atomic E-state index is 0. The van der Waals surface area contributed by atoms with Crippen molar-refractivity contribution in [3.8, 4) is 34.7 Å². The molecule has 8 nitrogen and oxygen atoms in total. The Morgan fingerprint density at radius 2 is 1.50 bits per heavy atom. The van der Waals surface area contributed by atoms with Crippen LogP contribution in [0.1, 0.15) is 31.4 Å². The van der Waals surface area contributed by atoms with E-state index in [1.807, 2.05) is 12.1 Å². The molecule has 34 heavy (non-hydrogen) atoms. The smallest absolute Gasteiger partial charge is 0.189 e. The van der Waals surface area contributed by atoms with Crippen LogP contribution in [0.4, 0.5) is 11.4 Å². The fourth-order valence-electron chi connectivity index (χ4n) is 2.92. The molecule has 0 aliphatic heterocycles. The molecule has 0 saturated heterocycles. The summed E-state index contributed by atoms with van der Waals surface area (Å²) in [4.78, 5) is 15.4. The topological polar surface area (TPSA) is 123 Å². The molecule has 2 N–H and O–H groups in total. The van der Waals surface area contributed by atoms with Gasteiger partial charge >= 0.3 is 0 Å². The molecule has 0 aliphatic carbocycles. The molecule has 0 amide bonds. The summed E-state index contributed by atoms with van der Waals surface area (Å²) in [6, 6.07) is 14.7. The van der Waals surface area contributed by atoms with Crippen molar-refractivity contribution in [1.29, 1.82) is 10.5 Å². The summed E-state index contributed by atoms with van der Waals surface area (Å²) in [5, 5.41) is 35.5. The molecule has 0 bridgehead atoms. The molecule has 0 aliphatic rings. The van der Waals surface area contributed by atoms with Gasteiger partial charge in [0, 0.05) is 43.8 Å². The van der Waals surface area contributed by atoms with Gasteiger partial charge in [-0.05, 0) is 50.1 Å². The van der Waals surface area contributed by atoms with Gasteiger partial charge in [0.25, 0.3) is 0 Å². The van der Waals surface area contributed by atoms with E-state index in [1.54, 1.807) is 32.0 Å². The van der Waals surface area contributed by atoms with Crippen LogP contribution in [0.5, 0.6) is 0 Å². The average molecular weight is 628 g/mol. The van der Waals surface area contributed by atoms with Crippen molar-refractivity contribution in [3.05, 3.63) is 82.8 Å². The van der Waals surface area contributed by atoms with E-state index >= 15 is 0 Å². The first-order valence-electron chi connectivity index (χ1n) is 9.76. The number of aliphatic hydroxyl groups is 2. The van der Waals surface area contributed by atoms with Crippen molar-refractivity contribution in [1.82, 2.24) is 9.97 Å². The molecule has 3 rings (SSSR count). The van der Waals surface area contributed by atoms with Gasteiger partial charge in [0.05, 0.1) is 37.1 Å². The maximum Gasteiger partial charge on any atom is 0.189 e. The third-order valence-electron chi connectivity index (χ3n) is 4.19. The maximum atomic E-state index is 9.19. The second-order valence-corrected chi connectivity index (χ2v) is 7.07. The van der Waals surface area contributed by atoms with Crippen molar-refractivity contribution in [3.63, 3.8) is 0 Å². The first kappa shape index (κ1) is 28.1. The molecule has 3 aromatic rings.